The van der Waals surface area contributed by atoms with Crippen LogP contribution in [0, 0.1) is 6.92 Å². The first-order chi connectivity index (χ1) is 9.19. The summed E-state index contributed by atoms with van der Waals surface area (Å²) in [5.74, 6) is 1.53. The lowest BCUT2D eigenvalue weighted by Gasteiger charge is -2.09. The number of aryl methyl sites for hydroxylation is 1. The summed E-state index contributed by atoms with van der Waals surface area (Å²) in [7, 11) is 4.96. The molecule has 0 N–H and O–H groups in total. The zero-order valence-corrected chi connectivity index (χ0v) is 12.3. The number of methoxy groups -OCH3 is 3. The number of hydrogen-bond donors (Lipinski definition) is 0. The monoisotopic (exact) mass is 279 g/mol. The van der Waals surface area contributed by atoms with Crippen LogP contribution in [0.2, 0.25) is 0 Å². The molecule has 5 heteroatoms. The largest absolute Gasteiger partial charge is 0.497 e. The van der Waals surface area contributed by atoms with E-state index in [9.17, 15) is 0 Å². The highest BCUT2D eigenvalue weighted by molar-refractivity contribution is 7.12. The number of benzene rings is 1. The van der Waals surface area contributed by atoms with Crippen molar-refractivity contribution in [2.24, 2.45) is 0 Å². The van der Waals surface area contributed by atoms with E-state index in [1.165, 1.54) is 0 Å². The second kappa shape index (κ2) is 6.04. The molecular weight excluding hydrogens is 262 g/mol. The van der Waals surface area contributed by atoms with Crippen LogP contribution in [0.5, 0.6) is 11.5 Å². The molecule has 0 saturated heterocycles. The van der Waals surface area contributed by atoms with E-state index in [1.54, 1.807) is 32.7 Å². The first-order valence-corrected chi connectivity index (χ1v) is 6.69. The fourth-order valence-electron chi connectivity index (χ4n) is 1.88. The summed E-state index contributed by atoms with van der Waals surface area (Å²) < 4.78 is 15.7. The lowest BCUT2D eigenvalue weighted by Crippen LogP contribution is -1.92. The first-order valence-electron chi connectivity index (χ1n) is 5.87. The van der Waals surface area contributed by atoms with Crippen molar-refractivity contribution in [1.29, 1.82) is 0 Å². The van der Waals surface area contributed by atoms with Gasteiger partial charge in [0.1, 0.15) is 16.5 Å². The van der Waals surface area contributed by atoms with Crippen LogP contribution in [-0.4, -0.2) is 26.3 Å². The molecule has 0 saturated carbocycles. The van der Waals surface area contributed by atoms with Crippen LogP contribution >= 0.6 is 11.3 Å². The maximum absolute atomic E-state index is 5.42. The molecule has 1 heterocycles. The molecule has 0 amide bonds. The van der Waals surface area contributed by atoms with Gasteiger partial charge < -0.3 is 14.2 Å². The van der Waals surface area contributed by atoms with Crippen molar-refractivity contribution < 1.29 is 14.2 Å². The zero-order valence-electron chi connectivity index (χ0n) is 11.5. The molecule has 1 aromatic carbocycles. The molecule has 0 aliphatic heterocycles. The van der Waals surface area contributed by atoms with Crippen molar-refractivity contribution in [2.75, 3.05) is 21.3 Å². The number of aromatic nitrogens is 1. The Kier molecular flexibility index (Phi) is 4.39. The molecule has 2 rings (SSSR count). The van der Waals surface area contributed by atoms with Crippen molar-refractivity contribution in [3.05, 3.63) is 28.1 Å². The molecule has 1 aromatic heterocycles. The van der Waals surface area contributed by atoms with E-state index in [1.807, 2.05) is 18.2 Å². The van der Waals surface area contributed by atoms with E-state index in [2.05, 4.69) is 11.9 Å². The maximum atomic E-state index is 5.42. The predicted octanol–water partition coefficient (Wildman–Crippen LogP) is 3.28. The molecule has 0 atom stereocenters. The van der Waals surface area contributed by atoms with E-state index in [0.717, 1.165) is 32.6 Å². The Morgan fingerprint density at radius 1 is 1.16 bits per heavy atom. The Labute approximate surface area is 117 Å². The van der Waals surface area contributed by atoms with E-state index in [0.29, 0.717) is 6.61 Å². The zero-order chi connectivity index (χ0) is 13.8. The lowest BCUT2D eigenvalue weighted by atomic mass is 10.1. The predicted molar refractivity (Wildman–Crippen MR) is 76.1 cm³/mol. The third kappa shape index (κ3) is 2.88. The standard InChI is InChI=1S/C14H17NO3S/c1-9-14(15-13(19-9)8-16-2)11-6-5-10(17-3)7-12(11)18-4/h5-7H,8H2,1-4H3. The molecule has 0 spiro atoms. The van der Waals surface area contributed by atoms with Gasteiger partial charge in [-0.15, -0.1) is 11.3 Å². The number of nitrogens with zero attached hydrogens (tertiary/aromatic N) is 1. The van der Waals surface area contributed by atoms with E-state index in [-0.39, 0.29) is 0 Å². The van der Waals surface area contributed by atoms with Gasteiger partial charge in [0, 0.05) is 23.6 Å². The highest BCUT2D eigenvalue weighted by Crippen LogP contribution is 2.36. The molecule has 0 fully saturated rings. The average molecular weight is 279 g/mol. The molecule has 0 radical (unpaired) electrons. The molecule has 0 aliphatic rings. The van der Waals surface area contributed by atoms with Gasteiger partial charge in [0.05, 0.1) is 26.5 Å². The fraction of sp³-hybridized carbons (Fsp3) is 0.357. The van der Waals surface area contributed by atoms with Crippen LogP contribution in [0.4, 0.5) is 0 Å². The molecule has 19 heavy (non-hydrogen) atoms. The van der Waals surface area contributed by atoms with Gasteiger partial charge in [-0.2, -0.15) is 0 Å². The molecule has 2 aromatic rings. The van der Waals surface area contributed by atoms with E-state index < -0.39 is 0 Å². The van der Waals surface area contributed by atoms with Gasteiger partial charge in [0.25, 0.3) is 0 Å². The van der Waals surface area contributed by atoms with Gasteiger partial charge in [-0.3, -0.25) is 0 Å². The number of rotatable bonds is 5. The number of thiazole rings is 1. The SMILES string of the molecule is COCc1nc(-c2ccc(OC)cc2OC)c(C)s1. The van der Waals surface area contributed by atoms with Gasteiger partial charge in [-0.05, 0) is 19.1 Å². The summed E-state index contributed by atoms with van der Waals surface area (Å²) in [6.45, 7) is 2.58. The molecule has 0 aliphatic carbocycles. The lowest BCUT2D eigenvalue weighted by molar-refractivity contribution is 0.184. The average Bonchev–Trinajstić information content (AvgIpc) is 2.79. The summed E-state index contributed by atoms with van der Waals surface area (Å²) in [6.07, 6.45) is 0. The minimum Gasteiger partial charge on any atom is -0.497 e. The maximum Gasteiger partial charge on any atom is 0.131 e. The topological polar surface area (TPSA) is 40.6 Å². The van der Waals surface area contributed by atoms with Gasteiger partial charge in [-0.25, -0.2) is 4.98 Å². The van der Waals surface area contributed by atoms with Crippen LogP contribution < -0.4 is 9.47 Å². The van der Waals surface area contributed by atoms with Gasteiger partial charge >= 0.3 is 0 Å². The second-order valence-electron chi connectivity index (χ2n) is 4.01. The smallest absolute Gasteiger partial charge is 0.131 e. The fourth-order valence-corrected chi connectivity index (χ4v) is 2.80. The third-order valence-corrected chi connectivity index (χ3v) is 3.72. The Balaban J connectivity index is 2.45. The first kappa shape index (κ1) is 13.8. The summed E-state index contributed by atoms with van der Waals surface area (Å²) in [4.78, 5) is 5.76. The van der Waals surface area contributed by atoms with Crippen LogP contribution in [0.1, 0.15) is 9.88 Å². The van der Waals surface area contributed by atoms with Crippen LogP contribution in [0.3, 0.4) is 0 Å². The van der Waals surface area contributed by atoms with Crippen molar-refractivity contribution in [2.45, 2.75) is 13.5 Å². The molecule has 4 nitrogen and oxygen atoms in total. The van der Waals surface area contributed by atoms with Crippen LogP contribution in [0.15, 0.2) is 18.2 Å². The third-order valence-electron chi connectivity index (χ3n) is 2.77. The molecular formula is C14H17NO3S. The molecule has 0 bridgehead atoms. The van der Waals surface area contributed by atoms with Crippen molar-refractivity contribution in [3.63, 3.8) is 0 Å². The van der Waals surface area contributed by atoms with Gasteiger partial charge in [-0.1, -0.05) is 0 Å². The van der Waals surface area contributed by atoms with Crippen LogP contribution in [0.25, 0.3) is 11.3 Å². The highest BCUT2D eigenvalue weighted by atomic mass is 32.1. The summed E-state index contributed by atoms with van der Waals surface area (Å²) >= 11 is 1.64. The van der Waals surface area contributed by atoms with Gasteiger partial charge in [0.15, 0.2) is 0 Å². The minimum absolute atomic E-state index is 0.532. The summed E-state index contributed by atoms with van der Waals surface area (Å²) in [5.41, 5.74) is 1.91. The Bertz CT molecular complexity index is 566. The van der Waals surface area contributed by atoms with Crippen LogP contribution in [-0.2, 0) is 11.3 Å². The highest BCUT2D eigenvalue weighted by Gasteiger charge is 2.14. The minimum atomic E-state index is 0.532. The normalized spacial score (nSPS) is 10.5. The Hall–Kier alpha value is -1.59. The van der Waals surface area contributed by atoms with Crippen molar-refractivity contribution >= 4 is 11.3 Å². The van der Waals surface area contributed by atoms with Crippen molar-refractivity contribution in [1.82, 2.24) is 4.98 Å². The van der Waals surface area contributed by atoms with E-state index >= 15 is 0 Å². The quantitative estimate of drug-likeness (QED) is 0.842. The molecule has 102 valence electrons. The number of ether oxygens (including phenoxy) is 3. The summed E-state index contributed by atoms with van der Waals surface area (Å²) in [6, 6.07) is 5.74. The Morgan fingerprint density at radius 2 is 1.95 bits per heavy atom. The van der Waals surface area contributed by atoms with Gasteiger partial charge in [0.2, 0.25) is 0 Å². The second-order valence-corrected chi connectivity index (χ2v) is 5.30. The van der Waals surface area contributed by atoms with Crippen molar-refractivity contribution in [3.8, 4) is 22.8 Å². The molecule has 0 unspecified atom stereocenters. The van der Waals surface area contributed by atoms with E-state index in [4.69, 9.17) is 14.2 Å². The Morgan fingerprint density at radius 3 is 2.58 bits per heavy atom. The number of hydrogen-bond acceptors (Lipinski definition) is 5. The summed E-state index contributed by atoms with van der Waals surface area (Å²) in [5, 5.41) is 0.966.